The molecule has 11 heteroatoms. The van der Waals surface area contributed by atoms with Gasteiger partial charge in [0, 0.05) is 36.5 Å². The number of amides is 1. The van der Waals surface area contributed by atoms with Crippen LogP contribution in [0.15, 0.2) is 49.1 Å². The number of rotatable bonds is 3. The number of aromatic nitrogens is 5. The topological polar surface area (TPSA) is 96.8 Å². The Labute approximate surface area is 198 Å². The Balaban J connectivity index is 1.53. The molecule has 0 saturated heterocycles. The van der Waals surface area contributed by atoms with Crippen LogP contribution in [0.5, 0.6) is 0 Å². The number of carbonyl (C=O) groups is 1. The second kappa shape index (κ2) is 7.97. The lowest BCUT2D eigenvalue weighted by molar-refractivity contribution is -0.137. The van der Waals surface area contributed by atoms with Gasteiger partial charge in [0.05, 0.1) is 11.8 Å². The summed E-state index contributed by atoms with van der Waals surface area (Å²) in [6.45, 7) is 4.06. The summed E-state index contributed by atoms with van der Waals surface area (Å²) in [4.78, 5) is 34.8. The third kappa shape index (κ3) is 4.02. The van der Waals surface area contributed by atoms with Crippen LogP contribution in [0.4, 0.5) is 30.4 Å². The normalized spacial score (nSPS) is 15.3. The predicted octanol–water partition coefficient (Wildman–Crippen LogP) is 4.89. The lowest BCUT2D eigenvalue weighted by Gasteiger charge is -2.37. The maximum absolute atomic E-state index is 13.4. The van der Waals surface area contributed by atoms with Crippen LogP contribution in [0.2, 0.25) is 0 Å². The van der Waals surface area contributed by atoms with Crippen molar-refractivity contribution in [3.8, 4) is 11.4 Å². The van der Waals surface area contributed by atoms with Crippen LogP contribution in [0.3, 0.4) is 0 Å². The van der Waals surface area contributed by atoms with Crippen LogP contribution in [-0.2, 0) is 16.4 Å². The third-order valence-corrected chi connectivity index (χ3v) is 6.02. The lowest BCUT2D eigenvalue weighted by Crippen LogP contribution is -2.39. The molecule has 1 aliphatic rings. The standard InChI is InChI=1S/C24H20F3N7O/c1-23(2)10-18(35)34(3)17-9-13(6-7-14(17)23)32-21-20-22(31-12-30-21)33-16(11-29-20)19-15(24(25,26)27)5-4-8-28-19/h4-9,11-12H,10H2,1-3H3,(H,30,31,32,33). The van der Waals surface area contributed by atoms with E-state index in [1.807, 2.05) is 32.0 Å². The second-order valence-electron chi connectivity index (χ2n) is 8.92. The summed E-state index contributed by atoms with van der Waals surface area (Å²) in [5, 5.41) is 3.17. The average molecular weight is 479 g/mol. The monoisotopic (exact) mass is 479 g/mol. The van der Waals surface area contributed by atoms with Gasteiger partial charge in [-0.25, -0.2) is 19.9 Å². The summed E-state index contributed by atoms with van der Waals surface area (Å²) < 4.78 is 40.3. The van der Waals surface area contributed by atoms with E-state index in [9.17, 15) is 18.0 Å². The number of hydrogen-bond donors (Lipinski definition) is 1. The number of hydrogen-bond acceptors (Lipinski definition) is 7. The van der Waals surface area contributed by atoms with Crippen LogP contribution in [0.1, 0.15) is 31.4 Å². The SMILES string of the molecule is CN1C(=O)CC(C)(C)c2ccc(Nc3ncnc4nc(-c5ncccc5C(F)(F)F)cnc34)cc21. The minimum absolute atomic E-state index is 0.0262. The van der Waals surface area contributed by atoms with Crippen molar-refractivity contribution in [3.63, 3.8) is 0 Å². The molecule has 0 spiro atoms. The first-order valence-electron chi connectivity index (χ1n) is 10.7. The van der Waals surface area contributed by atoms with Crippen molar-refractivity contribution in [2.45, 2.75) is 31.9 Å². The van der Waals surface area contributed by atoms with Gasteiger partial charge in [0.15, 0.2) is 17.0 Å². The number of nitrogens with one attached hydrogen (secondary N) is 1. The summed E-state index contributed by atoms with van der Waals surface area (Å²) in [5.41, 5.74) is 1.33. The fraction of sp³-hybridized carbons (Fsp3) is 0.250. The molecule has 4 aromatic rings. The van der Waals surface area contributed by atoms with Gasteiger partial charge in [0.1, 0.15) is 17.7 Å². The molecule has 0 unspecified atom stereocenters. The van der Waals surface area contributed by atoms with Gasteiger partial charge in [-0.3, -0.25) is 9.78 Å². The second-order valence-corrected chi connectivity index (χ2v) is 8.92. The molecule has 1 aliphatic heterocycles. The number of pyridine rings is 1. The Kier molecular flexibility index (Phi) is 5.15. The van der Waals surface area contributed by atoms with Gasteiger partial charge in [-0.05, 0) is 29.8 Å². The first-order chi connectivity index (χ1) is 16.5. The van der Waals surface area contributed by atoms with Crippen LogP contribution in [0.25, 0.3) is 22.6 Å². The summed E-state index contributed by atoms with van der Waals surface area (Å²) in [6, 6.07) is 7.86. The zero-order valence-electron chi connectivity index (χ0n) is 19.1. The molecule has 0 aliphatic carbocycles. The Hall–Kier alpha value is -4.15. The molecule has 3 aromatic heterocycles. The van der Waals surface area contributed by atoms with Gasteiger partial charge in [0.25, 0.3) is 0 Å². The molecule has 5 rings (SSSR count). The van der Waals surface area contributed by atoms with Crippen molar-refractivity contribution < 1.29 is 18.0 Å². The Morgan fingerprint density at radius 2 is 1.89 bits per heavy atom. The van der Waals surface area contributed by atoms with Gasteiger partial charge >= 0.3 is 6.18 Å². The third-order valence-electron chi connectivity index (χ3n) is 6.02. The van der Waals surface area contributed by atoms with E-state index in [1.54, 1.807) is 11.9 Å². The molecule has 1 amide bonds. The summed E-state index contributed by atoms with van der Waals surface area (Å²) in [6.07, 6.45) is -0.430. The van der Waals surface area contributed by atoms with Crippen molar-refractivity contribution in [2.75, 3.05) is 17.3 Å². The molecular weight excluding hydrogens is 459 g/mol. The first-order valence-corrected chi connectivity index (χ1v) is 10.7. The van der Waals surface area contributed by atoms with E-state index in [1.165, 1.54) is 24.8 Å². The predicted molar refractivity (Wildman–Crippen MR) is 124 cm³/mol. The van der Waals surface area contributed by atoms with Crippen LogP contribution >= 0.6 is 0 Å². The Bertz CT molecular complexity index is 1470. The quantitative estimate of drug-likeness (QED) is 0.447. The zero-order chi connectivity index (χ0) is 25.0. The number of anilines is 3. The first kappa shape index (κ1) is 22.6. The lowest BCUT2D eigenvalue weighted by atomic mass is 9.77. The van der Waals surface area contributed by atoms with E-state index in [0.29, 0.717) is 17.9 Å². The molecule has 0 fully saturated rings. The highest BCUT2D eigenvalue weighted by molar-refractivity contribution is 5.98. The van der Waals surface area contributed by atoms with Gasteiger partial charge in [0.2, 0.25) is 5.91 Å². The minimum atomic E-state index is -4.59. The maximum atomic E-state index is 13.4. The van der Waals surface area contributed by atoms with E-state index in [0.717, 1.165) is 17.3 Å². The van der Waals surface area contributed by atoms with E-state index in [-0.39, 0.29) is 33.9 Å². The molecule has 35 heavy (non-hydrogen) atoms. The van der Waals surface area contributed by atoms with Crippen molar-refractivity contribution in [1.82, 2.24) is 24.9 Å². The van der Waals surface area contributed by atoms with E-state index < -0.39 is 11.7 Å². The van der Waals surface area contributed by atoms with Crippen molar-refractivity contribution in [1.29, 1.82) is 0 Å². The largest absolute Gasteiger partial charge is 0.418 e. The Morgan fingerprint density at radius 3 is 2.66 bits per heavy atom. The number of carbonyl (C=O) groups excluding carboxylic acids is 1. The van der Waals surface area contributed by atoms with Crippen LogP contribution < -0.4 is 10.2 Å². The number of benzene rings is 1. The van der Waals surface area contributed by atoms with Crippen LogP contribution in [-0.4, -0.2) is 37.9 Å². The fourth-order valence-corrected chi connectivity index (χ4v) is 4.20. The molecular formula is C24H20F3N7O. The van der Waals surface area contributed by atoms with Gasteiger partial charge in [-0.15, -0.1) is 0 Å². The number of halogens is 3. The fourth-order valence-electron chi connectivity index (χ4n) is 4.20. The highest BCUT2D eigenvalue weighted by atomic mass is 19.4. The molecule has 178 valence electrons. The summed E-state index contributed by atoms with van der Waals surface area (Å²) in [5.74, 6) is 0.355. The van der Waals surface area contributed by atoms with Crippen molar-refractivity contribution >= 4 is 34.3 Å². The van der Waals surface area contributed by atoms with Crippen molar-refractivity contribution in [3.05, 3.63) is 60.2 Å². The molecule has 0 atom stereocenters. The molecule has 1 aromatic carbocycles. The maximum Gasteiger partial charge on any atom is 0.418 e. The van der Waals surface area contributed by atoms with E-state index in [2.05, 4.69) is 30.2 Å². The minimum Gasteiger partial charge on any atom is -0.338 e. The Morgan fingerprint density at radius 1 is 1.09 bits per heavy atom. The van der Waals surface area contributed by atoms with Gasteiger partial charge in [-0.2, -0.15) is 13.2 Å². The molecule has 8 nitrogen and oxygen atoms in total. The van der Waals surface area contributed by atoms with E-state index >= 15 is 0 Å². The molecule has 4 heterocycles. The average Bonchev–Trinajstić information content (AvgIpc) is 2.81. The number of fused-ring (bicyclic) bond motifs is 2. The van der Waals surface area contributed by atoms with Gasteiger partial charge in [-0.1, -0.05) is 19.9 Å². The van der Waals surface area contributed by atoms with Crippen LogP contribution in [0, 0.1) is 0 Å². The zero-order valence-corrected chi connectivity index (χ0v) is 19.1. The highest BCUT2D eigenvalue weighted by Gasteiger charge is 2.36. The van der Waals surface area contributed by atoms with E-state index in [4.69, 9.17) is 0 Å². The highest BCUT2D eigenvalue weighted by Crippen LogP contribution is 2.41. The summed E-state index contributed by atoms with van der Waals surface area (Å²) in [7, 11) is 1.74. The molecule has 0 bridgehead atoms. The number of nitrogens with zero attached hydrogens (tertiary/aromatic N) is 6. The smallest absolute Gasteiger partial charge is 0.338 e. The summed E-state index contributed by atoms with van der Waals surface area (Å²) >= 11 is 0. The molecule has 0 radical (unpaired) electrons. The molecule has 1 N–H and O–H groups in total. The van der Waals surface area contributed by atoms with Gasteiger partial charge < -0.3 is 10.2 Å². The van der Waals surface area contributed by atoms with Crippen molar-refractivity contribution in [2.24, 2.45) is 0 Å². The molecule has 0 saturated carbocycles. The number of alkyl halides is 3.